The summed E-state index contributed by atoms with van der Waals surface area (Å²) in [4.78, 5) is 36.5. The summed E-state index contributed by atoms with van der Waals surface area (Å²) in [7, 11) is 0. The number of aryl methyl sites for hydroxylation is 1. The standard InChI is InChI=1S/C28H38N4O3/c1-20-13-15-24(16-14-20)19-26(31-22(3)33)28(35)30-17-9-5-8-12-27(34)32-25(21(2)29)18-23-10-6-4-7-11-23/h4,6-7,10-11,13-16,25-26H,2,5,8-9,12,17-19,29H2,1,3H3,(H,30,35)(H,31,33)(H,32,34). The van der Waals surface area contributed by atoms with Crippen LogP contribution < -0.4 is 21.7 Å². The van der Waals surface area contributed by atoms with Gasteiger partial charge in [-0.3, -0.25) is 14.4 Å². The molecule has 0 aliphatic carbocycles. The van der Waals surface area contributed by atoms with Gasteiger partial charge in [-0.05, 0) is 37.3 Å². The first kappa shape index (κ1) is 27.6. The molecule has 0 aliphatic rings. The van der Waals surface area contributed by atoms with Gasteiger partial charge in [-0.2, -0.15) is 0 Å². The molecule has 0 bridgehead atoms. The third-order valence-electron chi connectivity index (χ3n) is 5.70. The van der Waals surface area contributed by atoms with Crippen molar-refractivity contribution in [2.24, 2.45) is 5.73 Å². The third-order valence-corrected chi connectivity index (χ3v) is 5.70. The average Bonchev–Trinajstić information content (AvgIpc) is 2.82. The van der Waals surface area contributed by atoms with Gasteiger partial charge >= 0.3 is 0 Å². The molecule has 2 aromatic carbocycles. The van der Waals surface area contributed by atoms with Gasteiger partial charge in [-0.25, -0.2) is 0 Å². The van der Waals surface area contributed by atoms with Crippen LogP contribution in [0.1, 0.15) is 49.3 Å². The van der Waals surface area contributed by atoms with E-state index in [4.69, 9.17) is 5.73 Å². The molecule has 3 amide bonds. The number of carbonyl (C=O) groups is 3. The van der Waals surface area contributed by atoms with Crippen molar-refractivity contribution in [3.63, 3.8) is 0 Å². The fourth-order valence-electron chi connectivity index (χ4n) is 3.73. The van der Waals surface area contributed by atoms with Crippen LogP contribution >= 0.6 is 0 Å². The first-order chi connectivity index (χ1) is 16.7. The summed E-state index contributed by atoms with van der Waals surface area (Å²) in [5.74, 6) is -0.511. The predicted octanol–water partition coefficient (Wildman–Crippen LogP) is 2.92. The Hall–Kier alpha value is -3.61. The predicted molar refractivity (Wildman–Crippen MR) is 139 cm³/mol. The van der Waals surface area contributed by atoms with E-state index in [2.05, 4.69) is 22.5 Å². The van der Waals surface area contributed by atoms with Crippen molar-refractivity contribution >= 4 is 17.7 Å². The Bertz CT molecular complexity index is 973. The fraction of sp³-hybridized carbons (Fsp3) is 0.393. The molecule has 35 heavy (non-hydrogen) atoms. The van der Waals surface area contributed by atoms with Gasteiger partial charge in [0.05, 0.1) is 6.04 Å². The van der Waals surface area contributed by atoms with Crippen molar-refractivity contribution in [2.45, 2.75) is 64.5 Å². The number of nitrogens with two attached hydrogens (primary N) is 1. The molecule has 0 aromatic heterocycles. The van der Waals surface area contributed by atoms with Crippen LogP contribution in [0.3, 0.4) is 0 Å². The number of nitrogens with one attached hydrogen (secondary N) is 3. The highest BCUT2D eigenvalue weighted by molar-refractivity contribution is 5.87. The first-order valence-corrected chi connectivity index (χ1v) is 12.1. The Labute approximate surface area is 208 Å². The van der Waals surface area contributed by atoms with E-state index in [-0.39, 0.29) is 23.8 Å². The fourth-order valence-corrected chi connectivity index (χ4v) is 3.73. The normalized spacial score (nSPS) is 12.3. The lowest BCUT2D eigenvalue weighted by atomic mass is 10.0. The quantitative estimate of drug-likeness (QED) is 0.313. The highest BCUT2D eigenvalue weighted by Crippen LogP contribution is 2.09. The maximum atomic E-state index is 12.6. The number of amides is 3. The van der Waals surface area contributed by atoms with E-state index >= 15 is 0 Å². The summed E-state index contributed by atoms with van der Waals surface area (Å²) in [6.07, 6.45) is 3.66. The van der Waals surface area contributed by atoms with Crippen molar-refractivity contribution in [3.05, 3.63) is 83.6 Å². The Balaban J connectivity index is 1.69. The first-order valence-electron chi connectivity index (χ1n) is 12.1. The lowest BCUT2D eigenvalue weighted by Gasteiger charge is -2.19. The van der Waals surface area contributed by atoms with Crippen LogP contribution in [0.5, 0.6) is 0 Å². The summed E-state index contributed by atoms with van der Waals surface area (Å²) in [5.41, 5.74) is 9.54. The zero-order chi connectivity index (χ0) is 25.6. The van der Waals surface area contributed by atoms with Gasteiger partial charge in [-0.1, -0.05) is 73.2 Å². The van der Waals surface area contributed by atoms with Crippen molar-refractivity contribution in [3.8, 4) is 0 Å². The van der Waals surface area contributed by atoms with E-state index in [9.17, 15) is 14.4 Å². The smallest absolute Gasteiger partial charge is 0.242 e. The van der Waals surface area contributed by atoms with E-state index in [1.54, 1.807) is 0 Å². The topological polar surface area (TPSA) is 113 Å². The van der Waals surface area contributed by atoms with Gasteiger partial charge in [0.2, 0.25) is 17.7 Å². The van der Waals surface area contributed by atoms with Crippen molar-refractivity contribution in [1.82, 2.24) is 16.0 Å². The Kier molecular flexibility index (Phi) is 11.5. The average molecular weight is 479 g/mol. The van der Waals surface area contributed by atoms with Gasteiger partial charge < -0.3 is 21.7 Å². The van der Waals surface area contributed by atoms with E-state index in [0.29, 0.717) is 37.9 Å². The minimum Gasteiger partial charge on any atom is -0.401 e. The lowest BCUT2D eigenvalue weighted by Crippen LogP contribution is -2.47. The van der Waals surface area contributed by atoms with Gasteiger partial charge in [0.1, 0.15) is 6.04 Å². The van der Waals surface area contributed by atoms with Crippen LogP contribution in [0.15, 0.2) is 66.9 Å². The van der Waals surface area contributed by atoms with E-state index < -0.39 is 6.04 Å². The number of hydrogen-bond donors (Lipinski definition) is 4. The molecule has 0 fully saturated rings. The maximum Gasteiger partial charge on any atom is 0.242 e. The van der Waals surface area contributed by atoms with Crippen molar-refractivity contribution < 1.29 is 14.4 Å². The molecule has 0 saturated carbocycles. The number of unbranched alkanes of at least 4 members (excludes halogenated alkanes) is 2. The number of hydrogen-bond acceptors (Lipinski definition) is 4. The molecule has 0 saturated heterocycles. The number of benzene rings is 2. The van der Waals surface area contributed by atoms with Crippen LogP contribution in [-0.4, -0.2) is 36.3 Å². The molecule has 7 heteroatoms. The molecule has 2 aromatic rings. The SMILES string of the molecule is C=C(N)C(Cc1ccccc1)NC(=O)CCCCCNC(=O)C(Cc1ccc(C)cc1)NC(C)=O. The van der Waals surface area contributed by atoms with Crippen LogP contribution in [-0.2, 0) is 27.2 Å². The van der Waals surface area contributed by atoms with Gasteiger partial charge in [0.15, 0.2) is 0 Å². The second kappa shape index (κ2) is 14.6. The Morgan fingerprint density at radius 3 is 2.11 bits per heavy atom. The van der Waals surface area contributed by atoms with Crippen LogP contribution in [0, 0.1) is 6.92 Å². The van der Waals surface area contributed by atoms with Crippen LogP contribution in [0.25, 0.3) is 0 Å². The number of carbonyl (C=O) groups excluding carboxylic acids is 3. The van der Waals surface area contributed by atoms with Crippen molar-refractivity contribution in [2.75, 3.05) is 6.54 Å². The summed E-state index contributed by atoms with van der Waals surface area (Å²) in [6, 6.07) is 16.8. The molecule has 0 heterocycles. The zero-order valence-electron chi connectivity index (χ0n) is 20.8. The minimum absolute atomic E-state index is 0.0645. The molecular formula is C28H38N4O3. The monoisotopic (exact) mass is 478 g/mol. The molecule has 2 unspecified atom stereocenters. The summed E-state index contributed by atoms with van der Waals surface area (Å²) in [6.45, 7) is 7.70. The molecule has 7 nitrogen and oxygen atoms in total. The molecule has 0 spiro atoms. The van der Waals surface area contributed by atoms with E-state index in [1.807, 2.05) is 61.5 Å². The zero-order valence-corrected chi connectivity index (χ0v) is 20.8. The van der Waals surface area contributed by atoms with Gasteiger partial charge in [0.25, 0.3) is 0 Å². The summed E-state index contributed by atoms with van der Waals surface area (Å²) in [5, 5.41) is 8.59. The van der Waals surface area contributed by atoms with Gasteiger partial charge in [0, 0.05) is 32.0 Å². The Morgan fingerprint density at radius 2 is 1.49 bits per heavy atom. The Morgan fingerprint density at radius 1 is 0.857 bits per heavy atom. The number of rotatable bonds is 14. The molecule has 0 radical (unpaired) electrons. The molecule has 0 aliphatic heterocycles. The van der Waals surface area contributed by atoms with Gasteiger partial charge in [-0.15, -0.1) is 0 Å². The summed E-state index contributed by atoms with van der Waals surface area (Å²) < 4.78 is 0. The third kappa shape index (κ3) is 10.9. The van der Waals surface area contributed by atoms with Crippen molar-refractivity contribution in [1.29, 1.82) is 0 Å². The second-order valence-corrected chi connectivity index (χ2v) is 8.93. The molecule has 2 atom stereocenters. The summed E-state index contributed by atoms with van der Waals surface area (Å²) >= 11 is 0. The molecule has 2 rings (SSSR count). The minimum atomic E-state index is -0.619. The lowest BCUT2D eigenvalue weighted by molar-refractivity contribution is -0.128. The highest BCUT2D eigenvalue weighted by atomic mass is 16.2. The van der Waals surface area contributed by atoms with E-state index in [0.717, 1.165) is 29.5 Å². The largest absolute Gasteiger partial charge is 0.401 e. The molecule has 5 N–H and O–H groups in total. The highest BCUT2D eigenvalue weighted by Gasteiger charge is 2.19. The van der Waals surface area contributed by atoms with Crippen LogP contribution in [0.2, 0.25) is 0 Å². The molecule has 188 valence electrons. The van der Waals surface area contributed by atoms with Crippen LogP contribution in [0.4, 0.5) is 0 Å². The van der Waals surface area contributed by atoms with E-state index in [1.165, 1.54) is 6.92 Å². The second-order valence-electron chi connectivity index (χ2n) is 8.93. The molecular weight excluding hydrogens is 440 g/mol. The maximum absolute atomic E-state index is 12.6.